The number of aliphatic hydroxyl groups is 2. The van der Waals surface area contributed by atoms with Crippen molar-refractivity contribution in [1.82, 2.24) is 9.55 Å². The Morgan fingerprint density at radius 2 is 1.69 bits per heavy atom. The zero-order valence-electron chi connectivity index (χ0n) is 20.3. The molecule has 0 unspecified atom stereocenters. The van der Waals surface area contributed by atoms with Gasteiger partial charge < -0.3 is 24.6 Å². The van der Waals surface area contributed by atoms with E-state index in [1.54, 1.807) is 16.7 Å². The highest BCUT2D eigenvalue weighted by atomic mass is 19.1. The van der Waals surface area contributed by atoms with Crippen LogP contribution in [0.15, 0.2) is 54.6 Å². The fourth-order valence-corrected chi connectivity index (χ4v) is 4.03. The van der Waals surface area contributed by atoms with Gasteiger partial charge in [0.25, 0.3) is 0 Å². The molecule has 2 atom stereocenters. The molecule has 1 aromatic heterocycles. The van der Waals surface area contributed by atoms with E-state index in [-0.39, 0.29) is 37.6 Å². The summed E-state index contributed by atoms with van der Waals surface area (Å²) >= 11 is 0. The fourth-order valence-electron chi connectivity index (χ4n) is 4.03. The molecule has 9 heteroatoms. The van der Waals surface area contributed by atoms with Crippen molar-refractivity contribution < 1.29 is 34.0 Å². The first-order chi connectivity index (χ1) is 17.2. The highest BCUT2D eigenvalue weighted by Gasteiger charge is 2.27. The number of halogens is 1. The van der Waals surface area contributed by atoms with E-state index in [4.69, 9.17) is 9.84 Å². The van der Waals surface area contributed by atoms with E-state index in [1.807, 2.05) is 44.2 Å². The van der Waals surface area contributed by atoms with Gasteiger partial charge in [-0.2, -0.15) is 0 Å². The van der Waals surface area contributed by atoms with Crippen LogP contribution in [0.3, 0.4) is 0 Å². The SMILES string of the molecule is CC(C)c1c(C(=O)OCc2ccccc2)nc(-c2ccc(F)cc2)n1CC[C@@H](O)C[C@@H](O)CC(=O)O. The standard InChI is InChI=1S/C27H31FN2O6/c1-17(2)25-24(27(35)36-16-18-6-4-3-5-7-18)29-26(19-8-10-20(28)11-9-19)30(25)13-12-21(31)14-22(32)15-23(33)34/h3-11,17,21-22,31-32H,12-16H2,1-2H3,(H,33,34)/t21-,22-/m1/s1. The predicted molar refractivity (Wildman–Crippen MR) is 131 cm³/mol. The minimum Gasteiger partial charge on any atom is -0.481 e. The van der Waals surface area contributed by atoms with Crippen molar-refractivity contribution in [2.45, 2.75) is 64.4 Å². The van der Waals surface area contributed by atoms with Crippen LogP contribution in [0.4, 0.5) is 4.39 Å². The van der Waals surface area contributed by atoms with Crippen LogP contribution in [-0.2, 0) is 22.7 Å². The lowest BCUT2D eigenvalue weighted by molar-refractivity contribution is -0.139. The van der Waals surface area contributed by atoms with Crippen molar-refractivity contribution in [1.29, 1.82) is 0 Å². The molecule has 192 valence electrons. The number of ether oxygens (including phenoxy) is 1. The van der Waals surface area contributed by atoms with E-state index in [2.05, 4.69) is 4.98 Å². The van der Waals surface area contributed by atoms with Gasteiger partial charge in [0.15, 0.2) is 5.69 Å². The molecule has 0 radical (unpaired) electrons. The van der Waals surface area contributed by atoms with Gasteiger partial charge in [-0.3, -0.25) is 4.79 Å². The number of rotatable bonds is 12. The average molecular weight is 499 g/mol. The van der Waals surface area contributed by atoms with Gasteiger partial charge in [0.1, 0.15) is 18.2 Å². The van der Waals surface area contributed by atoms with Crippen LogP contribution in [0.25, 0.3) is 11.4 Å². The number of carbonyl (C=O) groups is 2. The van der Waals surface area contributed by atoms with Gasteiger partial charge in [-0.1, -0.05) is 44.2 Å². The zero-order valence-corrected chi connectivity index (χ0v) is 20.3. The Balaban J connectivity index is 1.90. The number of carboxylic acid groups (broad SMARTS) is 1. The number of aliphatic carboxylic acids is 1. The van der Waals surface area contributed by atoms with Crippen LogP contribution in [-0.4, -0.2) is 49.0 Å². The number of benzene rings is 2. The molecule has 0 aliphatic heterocycles. The number of hydrogen-bond acceptors (Lipinski definition) is 6. The number of nitrogens with zero attached hydrogens (tertiary/aromatic N) is 2. The number of imidazole rings is 1. The predicted octanol–water partition coefficient (Wildman–Crippen LogP) is 4.15. The van der Waals surface area contributed by atoms with Gasteiger partial charge >= 0.3 is 11.9 Å². The maximum absolute atomic E-state index is 13.6. The second kappa shape index (κ2) is 12.4. The molecule has 2 aromatic carbocycles. The third-order valence-corrected chi connectivity index (χ3v) is 5.70. The molecule has 0 aliphatic carbocycles. The topological polar surface area (TPSA) is 122 Å². The minimum atomic E-state index is -1.18. The summed E-state index contributed by atoms with van der Waals surface area (Å²) in [5, 5.41) is 29.1. The van der Waals surface area contributed by atoms with E-state index in [9.17, 15) is 24.2 Å². The van der Waals surface area contributed by atoms with Crippen molar-refractivity contribution >= 4 is 11.9 Å². The Kier molecular flexibility index (Phi) is 9.32. The van der Waals surface area contributed by atoms with Crippen LogP contribution in [0, 0.1) is 5.82 Å². The molecule has 0 saturated carbocycles. The molecular weight excluding hydrogens is 467 g/mol. The first-order valence-electron chi connectivity index (χ1n) is 11.8. The summed E-state index contributed by atoms with van der Waals surface area (Å²) in [6.07, 6.45) is -2.53. The van der Waals surface area contributed by atoms with Crippen LogP contribution < -0.4 is 0 Å². The summed E-state index contributed by atoms with van der Waals surface area (Å²) < 4.78 is 20.9. The molecule has 0 amide bonds. The first-order valence-corrected chi connectivity index (χ1v) is 11.8. The summed E-state index contributed by atoms with van der Waals surface area (Å²) in [6, 6.07) is 15.0. The van der Waals surface area contributed by atoms with E-state index in [0.717, 1.165) is 5.56 Å². The van der Waals surface area contributed by atoms with Gasteiger partial charge in [0.05, 0.1) is 24.3 Å². The quantitative estimate of drug-likeness (QED) is 0.321. The molecule has 0 bridgehead atoms. The van der Waals surface area contributed by atoms with Crippen LogP contribution in [0.2, 0.25) is 0 Å². The first kappa shape index (κ1) is 27.0. The smallest absolute Gasteiger partial charge is 0.359 e. The Morgan fingerprint density at radius 3 is 2.31 bits per heavy atom. The fraction of sp³-hybridized carbons (Fsp3) is 0.370. The van der Waals surface area contributed by atoms with Crippen molar-refractivity contribution in [3.63, 3.8) is 0 Å². The number of carboxylic acids is 1. The number of aliphatic hydroxyl groups excluding tert-OH is 2. The number of carbonyl (C=O) groups excluding carboxylic acids is 1. The summed E-state index contributed by atoms with van der Waals surface area (Å²) in [7, 11) is 0. The second-order valence-electron chi connectivity index (χ2n) is 8.97. The molecule has 36 heavy (non-hydrogen) atoms. The van der Waals surface area contributed by atoms with Crippen LogP contribution in [0.1, 0.15) is 60.8 Å². The van der Waals surface area contributed by atoms with Crippen molar-refractivity contribution in [2.24, 2.45) is 0 Å². The lowest BCUT2D eigenvalue weighted by Crippen LogP contribution is -2.22. The largest absolute Gasteiger partial charge is 0.481 e. The van der Waals surface area contributed by atoms with Crippen molar-refractivity contribution in [2.75, 3.05) is 0 Å². The molecule has 8 nitrogen and oxygen atoms in total. The monoisotopic (exact) mass is 498 g/mol. The molecule has 0 aliphatic rings. The maximum atomic E-state index is 13.6. The average Bonchev–Trinajstić information content (AvgIpc) is 3.21. The van der Waals surface area contributed by atoms with Crippen LogP contribution >= 0.6 is 0 Å². The summed E-state index contributed by atoms with van der Waals surface area (Å²) in [6.45, 7) is 4.13. The summed E-state index contributed by atoms with van der Waals surface area (Å²) in [4.78, 5) is 28.5. The van der Waals surface area contributed by atoms with Gasteiger partial charge in [0, 0.05) is 12.1 Å². The highest BCUT2D eigenvalue weighted by molar-refractivity contribution is 5.90. The van der Waals surface area contributed by atoms with Gasteiger partial charge in [-0.25, -0.2) is 14.2 Å². The third-order valence-electron chi connectivity index (χ3n) is 5.70. The Labute approximate surface area is 209 Å². The Morgan fingerprint density at radius 1 is 1.03 bits per heavy atom. The molecular formula is C27H31FN2O6. The third kappa shape index (κ3) is 7.22. The molecule has 0 spiro atoms. The molecule has 0 saturated heterocycles. The number of aromatic nitrogens is 2. The van der Waals surface area contributed by atoms with E-state index in [0.29, 0.717) is 17.1 Å². The Bertz CT molecular complexity index is 1160. The zero-order chi connectivity index (χ0) is 26.2. The van der Waals surface area contributed by atoms with E-state index < -0.39 is 36.4 Å². The number of hydrogen-bond donors (Lipinski definition) is 3. The lowest BCUT2D eigenvalue weighted by Gasteiger charge is -2.18. The van der Waals surface area contributed by atoms with E-state index >= 15 is 0 Å². The molecule has 3 rings (SSSR count). The highest BCUT2D eigenvalue weighted by Crippen LogP contribution is 2.29. The maximum Gasteiger partial charge on any atom is 0.359 e. The molecule has 1 heterocycles. The molecule has 3 N–H and O–H groups in total. The molecule has 0 fully saturated rings. The normalized spacial score (nSPS) is 12.9. The van der Waals surface area contributed by atoms with E-state index in [1.165, 1.54) is 12.1 Å². The Hall–Kier alpha value is -3.56. The molecule has 3 aromatic rings. The van der Waals surface area contributed by atoms with Crippen molar-refractivity contribution in [3.05, 3.63) is 77.4 Å². The van der Waals surface area contributed by atoms with Gasteiger partial charge in [0.2, 0.25) is 0 Å². The van der Waals surface area contributed by atoms with Gasteiger partial charge in [-0.05, 0) is 48.6 Å². The second-order valence-corrected chi connectivity index (χ2v) is 8.97. The summed E-state index contributed by atoms with van der Waals surface area (Å²) in [5.41, 5.74) is 2.16. The lowest BCUT2D eigenvalue weighted by atomic mass is 10.1. The van der Waals surface area contributed by atoms with Gasteiger partial charge in [-0.15, -0.1) is 0 Å². The number of esters is 1. The van der Waals surface area contributed by atoms with Crippen molar-refractivity contribution in [3.8, 4) is 11.4 Å². The minimum absolute atomic E-state index is 0.0795. The van der Waals surface area contributed by atoms with Crippen LogP contribution in [0.5, 0.6) is 0 Å². The summed E-state index contributed by atoms with van der Waals surface area (Å²) in [5.74, 6) is -1.87.